The summed E-state index contributed by atoms with van der Waals surface area (Å²) in [5, 5.41) is 0. The van der Waals surface area contributed by atoms with E-state index in [1.54, 1.807) is 0 Å². The van der Waals surface area contributed by atoms with Crippen LogP contribution in [-0.2, 0) is 0 Å². The first-order valence-electron chi connectivity index (χ1n) is 14.3. The van der Waals surface area contributed by atoms with Crippen LogP contribution < -0.4 is 19.6 Å². The smallest absolute Gasteiger partial charge is 0.100 e. The number of hydrogen-bond acceptors (Lipinski definition) is 4. The zero-order valence-corrected chi connectivity index (χ0v) is 25.1. The Labute approximate surface area is 239 Å². The van der Waals surface area contributed by atoms with Crippen molar-refractivity contribution in [3.05, 3.63) is 118 Å². The Hall–Kier alpha value is -4.18. The summed E-state index contributed by atoms with van der Waals surface area (Å²) >= 11 is 0. The molecule has 6 rings (SSSR count). The molecule has 0 atom stereocenters. The molecule has 0 amide bonds. The van der Waals surface area contributed by atoms with Gasteiger partial charge in [0.25, 0.3) is 0 Å². The number of fused-ring (bicyclic) bond motifs is 1. The van der Waals surface area contributed by atoms with Crippen molar-refractivity contribution in [1.29, 1.82) is 0 Å². The van der Waals surface area contributed by atoms with Gasteiger partial charge < -0.3 is 19.6 Å². The van der Waals surface area contributed by atoms with E-state index in [2.05, 4.69) is 148 Å². The van der Waals surface area contributed by atoms with E-state index in [1.165, 1.54) is 78.9 Å². The van der Waals surface area contributed by atoms with Gasteiger partial charge in [-0.05, 0) is 108 Å². The minimum absolute atomic E-state index is 0.787. The van der Waals surface area contributed by atoms with Gasteiger partial charge in [-0.25, -0.2) is 0 Å². The lowest BCUT2D eigenvalue weighted by molar-refractivity contribution is 0.926. The Bertz CT molecular complexity index is 1620. The summed E-state index contributed by atoms with van der Waals surface area (Å²) < 4.78 is 0. The molecular weight excluding hydrogens is 488 g/mol. The molecule has 0 fully saturated rings. The molecule has 0 N–H and O–H groups in total. The second kappa shape index (κ2) is 9.78. The van der Waals surface area contributed by atoms with Gasteiger partial charge in [0.1, 0.15) is 6.67 Å². The quantitative estimate of drug-likeness (QED) is 0.262. The largest absolute Gasteiger partial charge is 0.325 e. The lowest BCUT2D eigenvalue weighted by atomic mass is 10.0. The Morgan fingerprint density at radius 2 is 0.850 bits per heavy atom. The zero-order chi connectivity index (χ0) is 28.3. The summed E-state index contributed by atoms with van der Waals surface area (Å²) in [4.78, 5) is 9.85. The molecule has 0 bridgehead atoms. The van der Waals surface area contributed by atoms with Gasteiger partial charge >= 0.3 is 0 Å². The molecule has 2 aliphatic rings. The van der Waals surface area contributed by atoms with Crippen LogP contribution >= 0.6 is 0 Å². The van der Waals surface area contributed by atoms with Crippen molar-refractivity contribution in [2.24, 2.45) is 0 Å². The molecular formula is C36H40N4. The van der Waals surface area contributed by atoms with Crippen molar-refractivity contribution in [2.75, 3.05) is 32.9 Å². The maximum absolute atomic E-state index is 2.47. The van der Waals surface area contributed by atoms with Crippen LogP contribution in [0.4, 0.5) is 34.1 Å². The molecule has 4 heteroatoms. The molecule has 0 aliphatic carbocycles. The fourth-order valence-corrected chi connectivity index (χ4v) is 6.91. The van der Waals surface area contributed by atoms with Crippen LogP contribution in [-0.4, -0.2) is 13.3 Å². The highest BCUT2D eigenvalue weighted by molar-refractivity contribution is 5.89. The molecule has 204 valence electrons. The van der Waals surface area contributed by atoms with Crippen LogP contribution in [0.15, 0.2) is 84.2 Å². The van der Waals surface area contributed by atoms with Gasteiger partial charge in [0.05, 0.1) is 18.0 Å². The molecule has 0 aromatic heterocycles. The number of para-hydroxylation sites is 2. The molecule has 2 heterocycles. The molecule has 0 radical (unpaired) electrons. The summed E-state index contributed by atoms with van der Waals surface area (Å²) in [7, 11) is 0. The van der Waals surface area contributed by atoms with E-state index in [0.717, 1.165) is 13.3 Å². The SMILES string of the molecule is CC1=C(C)N(c2c(C)cc(C)cc2C)CN1c1cccc(N2CN(c3c(C)cc(C)cc3C)c3ccccc32)c1. The van der Waals surface area contributed by atoms with Gasteiger partial charge in [-0.2, -0.15) is 0 Å². The number of nitrogens with zero attached hydrogens (tertiary/aromatic N) is 4. The van der Waals surface area contributed by atoms with E-state index in [1.807, 2.05) is 0 Å². The van der Waals surface area contributed by atoms with Crippen LogP contribution in [0.1, 0.15) is 47.2 Å². The van der Waals surface area contributed by atoms with Crippen LogP contribution in [0.5, 0.6) is 0 Å². The molecule has 0 unspecified atom stereocenters. The second-order valence-corrected chi connectivity index (χ2v) is 11.7. The van der Waals surface area contributed by atoms with E-state index in [4.69, 9.17) is 0 Å². The van der Waals surface area contributed by atoms with Gasteiger partial charge in [0, 0.05) is 34.1 Å². The third kappa shape index (κ3) is 4.23. The lowest BCUT2D eigenvalue weighted by Crippen LogP contribution is -2.28. The normalized spacial score (nSPS) is 15.0. The van der Waals surface area contributed by atoms with Crippen LogP contribution in [0, 0.1) is 41.5 Å². The minimum atomic E-state index is 0.787. The average molecular weight is 529 g/mol. The molecule has 40 heavy (non-hydrogen) atoms. The fraction of sp³-hybridized carbons (Fsp3) is 0.278. The minimum Gasteiger partial charge on any atom is -0.325 e. The molecule has 0 saturated heterocycles. The van der Waals surface area contributed by atoms with Crippen molar-refractivity contribution in [1.82, 2.24) is 0 Å². The summed E-state index contributed by atoms with van der Waals surface area (Å²) in [6.45, 7) is 19.4. The Morgan fingerprint density at radius 3 is 1.40 bits per heavy atom. The van der Waals surface area contributed by atoms with E-state index in [-0.39, 0.29) is 0 Å². The van der Waals surface area contributed by atoms with E-state index >= 15 is 0 Å². The number of benzene rings is 4. The average Bonchev–Trinajstić information content (AvgIpc) is 3.41. The number of anilines is 6. The first-order valence-corrected chi connectivity index (χ1v) is 14.3. The van der Waals surface area contributed by atoms with Crippen LogP contribution in [0.2, 0.25) is 0 Å². The monoisotopic (exact) mass is 528 g/mol. The van der Waals surface area contributed by atoms with E-state index in [0.29, 0.717) is 0 Å². The first-order chi connectivity index (χ1) is 19.1. The predicted molar refractivity (Wildman–Crippen MR) is 172 cm³/mol. The highest BCUT2D eigenvalue weighted by Crippen LogP contribution is 2.47. The van der Waals surface area contributed by atoms with Gasteiger partial charge in [0.15, 0.2) is 0 Å². The van der Waals surface area contributed by atoms with Gasteiger partial charge in [-0.15, -0.1) is 0 Å². The maximum atomic E-state index is 2.47. The molecule has 0 spiro atoms. The summed E-state index contributed by atoms with van der Waals surface area (Å²) in [5.74, 6) is 0. The number of aryl methyl sites for hydroxylation is 6. The summed E-state index contributed by atoms with van der Waals surface area (Å²) in [6.07, 6.45) is 0. The van der Waals surface area contributed by atoms with Gasteiger partial charge in [-0.1, -0.05) is 53.6 Å². The number of rotatable bonds is 4. The number of hydrogen-bond donors (Lipinski definition) is 0. The second-order valence-electron chi connectivity index (χ2n) is 11.7. The van der Waals surface area contributed by atoms with Crippen LogP contribution in [0.25, 0.3) is 0 Å². The van der Waals surface area contributed by atoms with Crippen molar-refractivity contribution >= 4 is 34.1 Å². The molecule has 4 nitrogen and oxygen atoms in total. The highest BCUT2D eigenvalue weighted by atomic mass is 15.4. The Morgan fingerprint density at radius 1 is 0.425 bits per heavy atom. The van der Waals surface area contributed by atoms with Gasteiger partial charge in [0.2, 0.25) is 0 Å². The van der Waals surface area contributed by atoms with Crippen molar-refractivity contribution in [3.63, 3.8) is 0 Å². The third-order valence-electron chi connectivity index (χ3n) is 8.63. The molecule has 4 aromatic rings. The number of allylic oxidation sites excluding steroid dienone is 2. The fourth-order valence-electron chi connectivity index (χ4n) is 6.91. The summed E-state index contributed by atoms with van der Waals surface area (Å²) in [6, 6.07) is 27.0. The standard InChI is InChI=1S/C36H40N4/c1-23-16-25(3)35(26(4)17-23)38-21-37(29(7)30(38)8)31-12-11-13-32(20-31)39-22-40(34-15-10-9-14-33(34)39)36-27(5)18-24(2)19-28(36)6/h9-20H,21-22H2,1-8H3. The summed E-state index contributed by atoms with van der Waals surface area (Å²) in [5.41, 5.74) is 18.1. The Balaban J connectivity index is 1.35. The maximum Gasteiger partial charge on any atom is 0.100 e. The van der Waals surface area contributed by atoms with Crippen molar-refractivity contribution in [3.8, 4) is 0 Å². The van der Waals surface area contributed by atoms with E-state index < -0.39 is 0 Å². The Kier molecular flexibility index (Phi) is 6.37. The molecule has 2 aliphatic heterocycles. The van der Waals surface area contributed by atoms with Crippen LogP contribution in [0.3, 0.4) is 0 Å². The van der Waals surface area contributed by atoms with Crippen molar-refractivity contribution in [2.45, 2.75) is 55.4 Å². The predicted octanol–water partition coefficient (Wildman–Crippen LogP) is 9.32. The highest BCUT2D eigenvalue weighted by Gasteiger charge is 2.31. The topological polar surface area (TPSA) is 13.0 Å². The molecule has 4 aromatic carbocycles. The van der Waals surface area contributed by atoms with Gasteiger partial charge in [-0.3, -0.25) is 0 Å². The third-order valence-corrected chi connectivity index (χ3v) is 8.63. The molecule has 0 saturated carbocycles. The first kappa shape index (κ1) is 26.1. The lowest BCUT2D eigenvalue weighted by Gasteiger charge is -2.28. The zero-order valence-electron chi connectivity index (χ0n) is 25.1. The van der Waals surface area contributed by atoms with E-state index in [9.17, 15) is 0 Å². The van der Waals surface area contributed by atoms with Crippen molar-refractivity contribution < 1.29 is 0 Å².